The van der Waals surface area contributed by atoms with Gasteiger partial charge in [0.05, 0.1) is 23.0 Å². The molecule has 1 aliphatic rings. The van der Waals surface area contributed by atoms with Crippen LogP contribution in [0.1, 0.15) is 38.1 Å². The molecule has 0 aromatic carbocycles. The van der Waals surface area contributed by atoms with Crippen LogP contribution in [0, 0.1) is 5.92 Å². The third kappa shape index (κ3) is 3.54. The van der Waals surface area contributed by atoms with Crippen molar-refractivity contribution in [3.8, 4) is 0 Å². The molecule has 2 rings (SSSR count). The number of ether oxygens (including phenoxy) is 1. The van der Waals surface area contributed by atoms with Crippen molar-refractivity contribution in [2.24, 2.45) is 13.0 Å². The molecule has 1 aromatic rings. The number of hydrogen-bond donors (Lipinski definition) is 1. The van der Waals surface area contributed by atoms with Crippen molar-refractivity contribution in [2.75, 3.05) is 19.8 Å². The van der Waals surface area contributed by atoms with Crippen LogP contribution in [-0.4, -0.2) is 35.6 Å². The maximum atomic E-state index is 6.47. The Kier molecular flexibility index (Phi) is 5.87. The lowest BCUT2D eigenvalue weighted by atomic mass is 9.94. The molecule has 0 radical (unpaired) electrons. The fraction of sp³-hybridized carbons (Fsp3) is 0.800. The smallest absolute Gasteiger partial charge is 0.0850 e. The second kappa shape index (κ2) is 7.43. The van der Waals surface area contributed by atoms with E-state index in [-0.39, 0.29) is 0 Å². The summed E-state index contributed by atoms with van der Waals surface area (Å²) < 4.78 is 7.49. The number of rotatable bonds is 7. The largest absolute Gasteiger partial charge is 0.381 e. The van der Waals surface area contributed by atoms with Crippen LogP contribution in [0.5, 0.6) is 0 Å². The average Bonchev–Trinajstić information content (AvgIpc) is 3.05. The minimum absolute atomic E-state index is 0.426. The summed E-state index contributed by atoms with van der Waals surface area (Å²) in [5.74, 6) is 0.581. The first-order valence-electron chi connectivity index (χ1n) is 7.68. The maximum absolute atomic E-state index is 6.47. The maximum Gasteiger partial charge on any atom is 0.0850 e. The molecule has 0 amide bonds. The van der Waals surface area contributed by atoms with E-state index in [1.807, 2.05) is 11.7 Å². The zero-order valence-electron chi connectivity index (χ0n) is 12.8. The van der Waals surface area contributed by atoms with Gasteiger partial charge in [-0.15, -0.1) is 0 Å². The quantitative estimate of drug-likeness (QED) is 0.841. The fourth-order valence-corrected chi connectivity index (χ4v) is 3.23. The van der Waals surface area contributed by atoms with Crippen molar-refractivity contribution in [1.29, 1.82) is 0 Å². The Balaban J connectivity index is 2.11. The van der Waals surface area contributed by atoms with Gasteiger partial charge in [-0.3, -0.25) is 4.68 Å². The first-order valence-corrected chi connectivity index (χ1v) is 8.06. The second-order valence-electron chi connectivity index (χ2n) is 5.57. The molecule has 2 atom stereocenters. The molecular formula is C15H26ClN3O. The Bertz CT molecular complexity index is 427. The number of nitrogens with one attached hydrogen (secondary N) is 1. The van der Waals surface area contributed by atoms with Crippen molar-refractivity contribution in [1.82, 2.24) is 15.1 Å². The van der Waals surface area contributed by atoms with E-state index in [1.54, 1.807) is 0 Å². The van der Waals surface area contributed by atoms with Crippen molar-refractivity contribution >= 4 is 11.6 Å². The molecule has 4 nitrogen and oxygen atoms in total. The molecule has 1 aromatic heterocycles. The third-order valence-corrected chi connectivity index (χ3v) is 4.54. The highest BCUT2D eigenvalue weighted by Crippen LogP contribution is 2.26. The molecule has 2 heterocycles. The van der Waals surface area contributed by atoms with Gasteiger partial charge in [0.1, 0.15) is 0 Å². The molecule has 0 saturated carbocycles. The summed E-state index contributed by atoms with van der Waals surface area (Å²) in [6.45, 7) is 7.07. The summed E-state index contributed by atoms with van der Waals surface area (Å²) in [5.41, 5.74) is 2.14. The highest BCUT2D eigenvalue weighted by atomic mass is 35.5. The van der Waals surface area contributed by atoms with E-state index < -0.39 is 0 Å². The van der Waals surface area contributed by atoms with Crippen LogP contribution < -0.4 is 5.32 Å². The Morgan fingerprint density at radius 3 is 2.85 bits per heavy atom. The zero-order valence-corrected chi connectivity index (χ0v) is 13.5. The van der Waals surface area contributed by atoms with Gasteiger partial charge in [-0.2, -0.15) is 5.10 Å². The summed E-state index contributed by atoms with van der Waals surface area (Å²) in [7, 11) is 1.99. The number of aryl methyl sites for hydroxylation is 2. The van der Waals surface area contributed by atoms with E-state index in [9.17, 15) is 0 Å². The predicted molar refractivity (Wildman–Crippen MR) is 82.3 cm³/mol. The lowest BCUT2D eigenvalue weighted by Crippen LogP contribution is -2.39. The van der Waals surface area contributed by atoms with Gasteiger partial charge in [0.2, 0.25) is 0 Å². The van der Waals surface area contributed by atoms with Crippen LogP contribution in [0.15, 0.2) is 0 Å². The molecule has 2 unspecified atom stereocenters. The van der Waals surface area contributed by atoms with Crippen LogP contribution in [0.4, 0.5) is 0 Å². The number of nitrogens with zero attached hydrogens (tertiary/aromatic N) is 2. The van der Waals surface area contributed by atoms with Gasteiger partial charge in [-0.25, -0.2) is 0 Å². The highest BCUT2D eigenvalue weighted by Gasteiger charge is 2.27. The van der Waals surface area contributed by atoms with Crippen molar-refractivity contribution < 1.29 is 4.74 Å². The van der Waals surface area contributed by atoms with Crippen molar-refractivity contribution in [3.05, 3.63) is 16.4 Å². The Labute approximate surface area is 126 Å². The molecule has 0 aliphatic carbocycles. The minimum atomic E-state index is 0.426. The lowest BCUT2D eigenvalue weighted by molar-refractivity contribution is 0.176. The van der Waals surface area contributed by atoms with Gasteiger partial charge >= 0.3 is 0 Å². The minimum Gasteiger partial charge on any atom is -0.381 e. The molecule has 1 aliphatic heterocycles. The van der Waals surface area contributed by atoms with Gasteiger partial charge in [0.25, 0.3) is 0 Å². The average molecular weight is 300 g/mol. The van der Waals surface area contributed by atoms with Crippen molar-refractivity contribution in [2.45, 2.75) is 45.6 Å². The van der Waals surface area contributed by atoms with E-state index in [1.165, 1.54) is 0 Å². The molecule has 0 bridgehead atoms. The SMILES string of the molecule is CCCNC(Cc1c(Cl)c(CC)nn1C)C1CCOC1. The lowest BCUT2D eigenvalue weighted by Gasteiger charge is -2.24. The van der Waals surface area contributed by atoms with Gasteiger partial charge in [-0.05, 0) is 25.8 Å². The Morgan fingerprint density at radius 2 is 2.30 bits per heavy atom. The van der Waals surface area contributed by atoms with E-state index in [4.69, 9.17) is 16.3 Å². The van der Waals surface area contributed by atoms with Crippen LogP contribution in [-0.2, 0) is 24.6 Å². The fourth-order valence-electron chi connectivity index (χ4n) is 2.86. The Hall–Kier alpha value is -0.580. The van der Waals surface area contributed by atoms with Gasteiger partial charge in [0, 0.05) is 32.0 Å². The molecule has 5 heteroatoms. The summed E-state index contributed by atoms with van der Waals surface area (Å²) in [5, 5.41) is 9.02. The topological polar surface area (TPSA) is 39.1 Å². The number of halogens is 1. The van der Waals surface area contributed by atoms with E-state index in [0.717, 1.165) is 61.9 Å². The molecule has 20 heavy (non-hydrogen) atoms. The number of hydrogen-bond acceptors (Lipinski definition) is 3. The molecule has 1 saturated heterocycles. The molecule has 0 spiro atoms. The molecule has 114 valence electrons. The standard InChI is InChI=1S/C15H26ClN3O/c1-4-7-17-13(11-6-8-20-10-11)9-14-15(16)12(5-2)18-19(14)3/h11,13,17H,4-10H2,1-3H3. The van der Waals surface area contributed by atoms with E-state index in [2.05, 4.69) is 24.3 Å². The van der Waals surface area contributed by atoms with Gasteiger partial charge in [-0.1, -0.05) is 25.4 Å². The molecule has 1 fully saturated rings. The first kappa shape index (κ1) is 15.8. The van der Waals surface area contributed by atoms with Crippen molar-refractivity contribution in [3.63, 3.8) is 0 Å². The summed E-state index contributed by atoms with van der Waals surface area (Å²) in [6.07, 6.45) is 4.09. The van der Waals surface area contributed by atoms with Crippen LogP contribution >= 0.6 is 11.6 Å². The Morgan fingerprint density at radius 1 is 1.50 bits per heavy atom. The molecule has 1 N–H and O–H groups in total. The van der Waals surface area contributed by atoms with E-state index >= 15 is 0 Å². The van der Waals surface area contributed by atoms with Crippen LogP contribution in [0.2, 0.25) is 5.02 Å². The number of aromatic nitrogens is 2. The summed E-state index contributed by atoms with van der Waals surface area (Å²) >= 11 is 6.47. The summed E-state index contributed by atoms with van der Waals surface area (Å²) in [6, 6.07) is 0.426. The monoisotopic (exact) mass is 299 g/mol. The second-order valence-corrected chi connectivity index (χ2v) is 5.95. The van der Waals surface area contributed by atoms with Gasteiger partial charge < -0.3 is 10.1 Å². The normalized spacial score (nSPS) is 20.5. The van der Waals surface area contributed by atoms with Crippen LogP contribution in [0.25, 0.3) is 0 Å². The zero-order chi connectivity index (χ0) is 14.5. The van der Waals surface area contributed by atoms with Gasteiger partial charge in [0.15, 0.2) is 0 Å². The molecular weight excluding hydrogens is 274 g/mol. The first-order chi connectivity index (χ1) is 9.67. The van der Waals surface area contributed by atoms with Crippen LogP contribution in [0.3, 0.4) is 0 Å². The third-order valence-electron chi connectivity index (χ3n) is 4.11. The summed E-state index contributed by atoms with van der Waals surface area (Å²) in [4.78, 5) is 0. The predicted octanol–water partition coefficient (Wildman–Crippen LogP) is 2.58. The van der Waals surface area contributed by atoms with E-state index in [0.29, 0.717) is 12.0 Å². The highest BCUT2D eigenvalue weighted by molar-refractivity contribution is 6.31.